The number of aliphatic hydroxyl groups excluding tert-OH is 1. The van der Waals surface area contributed by atoms with Gasteiger partial charge in [-0.3, -0.25) is 0 Å². The van der Waals surface area contributed by atoms with E-state index in [9.17, 15) is 5.11 Å². The highest BCUT2D eigenvalue weighted by molar-refractivity contribution is 5.34. The minimum Gasteiger partial charge on any atom is -0.466 e. The highest BCUT2D eigenvalue weighted by atomic mass is 16.5. The second-order valence-electron chi connectivity index (χ2n) is 11.9. The van der Waals surface area contributed by atoms with Crippen molar-refractivity contribution in [3.63, 3.8) is 0 Å². The third kappa shape index (κ3) is 3.42. The number of hydrogen-bond acceptors (Lipinski definition) is 2. The molecule has 30 heavy (non-hydrogen) atoms. The van der Waals surface area contributed by atoms with Crippen molar-refractivity contribution in [2.75, 3.05) is 0 Å². The van der Waals surface area contributed by atoms with E-state index in [0.29, 0.717) is 17.3 Å². The molecule has 0 bridgehead atoms. The van der Waals surface area contributed by atoms with Crippen molar-refractivity contribution in [2.45, 2.75) is 98.5 Å². The number of allylic oxidation sites excluding steroid dienone is 4. The van der Waals surface area contributed by atoms with Crippen LogP contribution in [0.25, 0.3) is 0 Å². The van der Waals surface area contributed by atoms with E-state index in [-0.39, 0.29) is 17.4 Å². The molecule has 4 rings (SSSR count). The average Bonchev–Trinajstić information content (AvgIpc) is 3.04. The maximum atomic E-state index is 10.3. The first-order chi connectivity index (χ1) is 14.1. The van der Waals surface area contributed by atoms with Gasteiger partial charge in [0.2, 0.25) is 0 Å². The lowest BCUT2D eigenvalue weighted by atomic mass is 9.54. The molecule has 2 nitrogen and oxygen atoms in total. The second kappa shape index (κ2) is 7.84. The monoisotopic (exact) mass is 412 g/mol. The summed E-state index contributed by atoms with van der Waals surface area (Å²) in [7, 11) is 0. The van der Waals surface area contributed by atoms with Crippen LogP contribution in [0.2, 0.25) is 0 Å². The molecule has 1 N–H and O–H groups in total. The minimum atomic E-state index is -0.197. The van der Waals surface area contributed by atoms with Crippen molar-refractivity contribution < 1.29 is 9.84 Å². The van der Waals surface area contributed by atoms with Gasteiger partial charge in [0, 0.05) is 17.3 Å². The Morgan fingerprint density at radius 2 is 1.87 bits per heavy atom. The van der Waals surface area contributed by atoms with Gasteiger partial charge in [0.1, 0.15) is 11.5 Å². The van der Waals surface area contributed by atoms with Crippen molar-refractivity contribution in [2.24, 2.45) is 40.4 Å². The number of aliphatic hydroxyl groups is 1. The molecule has 2 fully saturated rings. The van der Waals surface area contributed by atoms with Gasteiger partial charge in [0.25, 0.3) is 0 Å². The van der Waals surface area contributed by atoms with Gasteiger partial charge in [-0.15, -0.1) is 0 Å². The fraction of sp³-hybridized carbons (Fsp3) is 0.786. The molecule has 0 aromatic carbocycles. The Morgan fingerprint density at radius 3 is 2.57 bits per heavy atom. The lowest BCUT2D eigenvalue weighted by Crippen LogP contribution is -2.47. The van der Waals surface area contributed by atoms with Crippen molar-refractivity contribution >= 4 is 0 Å². The Kier molecular flexibility index (Phi) is 5.79. The molecule has 2 saturated carbocycles. The quantitative estimate of drug-likeness (QED) is 0.476. The van der Waals surface area contributed by atoms with Crippen LogP contribution in [0.15, 0.2) is 35.8 Å². The molecule has 1 aliphatic heterocycles. The molecule has 0 amide bonds. The Bertz CT molecular complexity index is 746. The molecule has 0 saturated heterocycles. The van der Waals surface area contributed by atoms with Crippen molar-refractivity contribution in [3.05, 3.63) is 35.8 Å². The van der Waals surface area contributed by atoms with E-state index in [1.165, 1.54) is 49.9 Å². The molecule has 0 spiro atoms. The van der Waals surface area contributed by atoms with E-state index in [1.54, 1.807) is 5.57 Å². The zero-order valence-electron chi connectivity index (χ0n) is 20.1. The summed E-state index contributed by atoms with van der Waals surface area (Å²) in [6, 6.07) is 0. The Hall–Kier alpha value is -1.02. The maximum absolute atomic E-state index is 10.3. The molecule has 0 aromatic rings. The highest BCUT2D eigenvalue weighted by Crippen LogP contribution is 2.66. The molecule has 1 heterocycles. The third-order valence-electron chi connectivity index (χ3n) is 9.95. The van der Waals surface area contributed by atoms with Crippen LogP contribution >= 0.6 is 0 Å². The molecule has 4 aliphatic rings. The fourth-order valence-corrected chi connectivity index (χ4v) is 7.67. The van der Waals surface area contributed by atoms with Crippen molar-refractivity contribution in [1.82, 2.24) is 0 Å². The van der Waals surface area contributed by atoms with Gasteiger partial charge in [-0.2, -0.15) is 0 Å². The summed E-state index contributed by atoms with van der Waals surface area (Å²) in [5.41, 5.74) is 3.47. The molecule has 0 aromatic heterocycles. The molecule has 3 aliphatic carbocycles. The van der Waals surface area contributed by atoms with Crippen LogP contribution in [0.3, 0.4) is 0 Å². The van der Waals surface area contributed by atoms with Crippen LogP contribution in [-0.2, 0) is 4.74 Å². The standard InChI is InChI=1S/C28H44O2/c1-17(2)18(3)8-9-19(4)22-10-11-23-26-24(13-15-27(22,23)6)28(7)14-12-21(29)16-25(28)20(5)30-26/h17,19,21-23,25,29H,3,5,8-16H2,1-2,4,6-7H3. The maximum Gasteiger partial charge on any atom is 0.107 e. The average molecular weight is 413 g/mol. The number of ether oxygens (including phenoxy) is 1. The summed E-state index contributed by atoms with van der Waals surface area (Å²) in [4.78, 5) is 0. The second-order valence-corrected chi connectivity index (χ2v) is 11.9. The Labute approximate surface area is 184 Å². The van der Waals surface area contributed by atoms with Gasteiger partial charge >= 0.3 is 0 Å². The van der Waals surface area contributed by atoms with E-state index >= 15 is 0 Å². The molecule has 2 heteroatoms. The van der Waals surface area contributed by atoms with Gasteiger partial charge in [-0.1, -0.05) is 53.3 Å². The van der Waals surface area contributed by atoms with Gasteiger partial charge in [-0.05, 0) is 86.5 Å². The first kappa shape index (κ1) is 22.2. The van der Waals surface area contributed by atoms with Gasteiger partial charge < -0.3 is 9.84 Å². The first-order valence-corrected chi connectivity index (χ1v) is 12.5. The third-order valence-corrected chi connectivity index (χ3v) is 9.95. The number of fused-ring (bicyclic) bond motifs is 4. The SMILES string of the molecule is C=C(CCC(C)C1CCC2C3=C(CCC21C)C1(C)CCC(O)CC1C(=C)O3)C(C)C. The van der Waals surface area contributed by atoms with Crippen LogP contribution in [0, 0.1) is 40.4 Å². The van der Waals surface area contributed by atoms with E-state index in [4.69, 9.17) is 4.74 Å². The summed E-state index contributed by atoms with van der Waals surface area (Å²) in [5, 5.41) is 10.3. The van der Waals surface area contributed by atoms with E-state index in [2.05, 4.69) is 47.8 Å². The molecule has 168 valence electrons. The topological polar surface area (TPSA) is 29.5 Å². The van der Waals surface area contributed by atoms with Crippen LogP contribution < -0.4 is 0 Å². The first-order valence-electron chi connectivity index (χ1n) is 12.5. The Balaban J connectivity index is 1.57. The number of rotatable bonds is 5. The predicted octanol–water partition coefficient (Wildman–Crippen LogP) is 7.41. The Morgan fingerprint density at radius 1 is 1.13 bits per heavy atom. The minimum absolute atomic E-state index is 0.143. The van der Waals surface area contributed by atoms with Gasteiger partial charge in [0.05, 0.1) is 6.10 Å². The molecular formula is C28H44O2. The van der Waals surface area contributed by atoms with Crippen molar-refractivity contribution in [3.8, 4) is 0 Å². The molecule has 7 atom stereocenters. The summed E-state index contributed by atoms with van der Waals surface area (Å²) < 4.78 is 6.57. The smallest absolute Gasteiger partial charge is 0.107 e. The van der Waals surface area contributed by atoms with Crippen LogP contribution in [-0.4, -0.2) is 11.2 Å². The van der Waals surface area contributed by atoms with Crippen molar-refractivity contribution in [1.29, 1.82) is 0 Å². The summed E-state index contributed by atoms with van der Waals surface area (Å²) in [5.74, 6) is 5.14. The van der Waals surface area contributed by atoms with Crippen LogP contribution in [0.4, 0.5) is 0 Å². The highest BCUT2D eigenvalue weighted by Gasteiger charge is 2.58. The zero-order valence-corrected chi connectivity index (χ0v) is 20.1. The van der Waals surface area contributed by atoms with Gasteiger partial charge in [0.15, 0.2) is 0 Å². The summed E-state index contributed by atoms with van der Waals surface area (Å²) in [6.45, 7) is 20.7. The molecule has 0 radical (unpaired) electrons. The lowest BCUT2D eigenvalue weighted by Gasteiger charge is -2.54. The largest absolute Gasteiger partial charge is 0.466 e. The number of hydrogen-bond donors (Lipinski definition) is 1. The fourth-order valence-electron chi connectivity index (χ4n) is 7.67. The summed E-state index contributed by atoms with van der Waals surface area (Å²) in [6.07, 6.45) is 10.1. The zero-order chi connectivity index (χ0) is 21.8. The van der Waals surface area contributed by atoms with E-state index in [0.717, 1.165) is 36.9 Å². The molecular weight excluding hydrogens is 368 g/mol. The summed E-state index contributed by atoms with van der Waals surface area (Å²) >= 11 is 0. The van der Waals surface area contributed by atoms with E-state index < -0.39 is 0 Å². The van der Waals surface area contributed by atoms with Gasteiger partial charge in [-0.25, -0.2) is 0 Å². The van der Waals surface area contributed by atoms with E-state index in [1.807, 2.05) is 0 Å². The lowest BCUT2D eigenvalue weighted by molar-refractivity contribution is -0.0164. The molecule has 7 unspecified atom stereocenters. The normalized spacial score (nSPS) is 41.8. The predicted molar refractivity (Wildman–Crippen MR) is 125 cm³/mol. The van der Waals surface area contributed by atoms with Crippen LogP contribution in [0.1, 0.15) is 92.4 Å². The van der Waals surface area contributed by atoms with Crippen LogP contribution in [0.5, 0.6) is 0 Å².